The first-order chi connectivity index (χ1) is 17.4. The van der Waals surface area contributed by atoms with Crippen LogP contribution in [-0.4, -0.2) is 41.5 Å². The Balaban J connectivity index is 1.12. The van der Waals surface area contributed by atoms with Gasteiger partial charge in [-0.3, -0.25) is 14.4 Å². The molecule has 3 amide bonds. The van der Waals surface area contributed by atoms with Gasteiger partial charge in [0, 0.05) is 5.69 Å². The zero-order valence-corrected chi connectivity index (χ0v) is 20.8. The third kappa shape index (κ3) is 3.81. The lowest BCUT2D eigenvalue weighted by atomic mass is 9.85. The Kier molecular flexibility index (Phi) is 5.65. The van der Waals surface area contributed by atoms with Gasteiger partial charge in [0.25, 0.3) is 0 Å². The molecule has 2 aliphatic carbocycles. The fraction of sp³-hybridized carbons (Fsp3) is 0.269. The van der Waals surface area contributed by atoms with Crippen molar-refractivity contribution in [2.45, 2.75) is 10.8 Å². The highest BCUT2D eigenvalue weighted by molar-refractivity contribution is 8.01. The summed E-state index contributed by atoms with van der Waals surface area (Å²) in [5.74, 6) is -0.790. The topological polar surface area (TPSA) is 106 Å². The second-order valence-electron chi connectivity index (χ2n) is 9.05. The Morgan fingerprint density at radius 1 is 1.08 bits per heavy atom. The summed E-state index contributed by atoms with van der Waals surface area (Å²) in [7, 11) is 1.31. The second kappa shape index (κ2) is 8.86. The van der Waals surface area contributed by atoms with Crippen molar-refractivity contribution in [2.75, 3.05) is 23.1 Å². The summed E-state index contributed by atoms with van der Waals surface area (Å²) >= 11 is 2.73. The molecule has 1 N–H and O–H groups in total. The van der Waals surface area contributed by atoms with Crippen molar-refractivity contribution in [3.05, 3.63) is 60.2 Å². The normalized spacial score (nSPS) is 24.0. The maximum Gasteiger partial charge on any atom is 0.337 e. The predicted octanol–water partition coefficient (Wildman–Crippen LogP) is 4.13. The SMILES string of the molecule is COC(=O)c1ccc(NC(=O)CSc2nc3ccc(N4C(=O)[C@@H]5[C@@H](C4=O)[C@H]4C=C[C@H]5C4)cc3s2)cc1. The molecule has 3 aliphatic rings. The van der Waals surface area contributed by atoms with Crippen molar-refractivity contribution in [1.29, 1.82) is 0 Å². The van der Waals surface area contributed by atoms with Crippen LogP contribution in [0.1, 0.15) is 16.8 Å². The fourth-order valence-corrected chi connectivity index (χ4v) is 7.28. The lowest BCUT2D eigenvalue weighted by Crippen LogP contribution is -2.32. The van der Waals surface area contributed by atoms with Gasteiger partial charge in [-0.1, -0.05) is 23.9 Å². The number of fused-ring (bicyclic) bond motifs is 6. The van der Waals surface area contributed by atoms with Crippen LogP contribution < -0.4 is 10.2 Å². The molecule has 10 heteroatoms. The number of thiazole rings is 1. The van der Waals surface area contributed by atoms with Gasteiger partial charge >= 0.3 is 5.97 Å². The summed E-state index contributed by atoms with van der Waals surface area (Å²) < 4.78 is 6.24. The van der Waals surface area contributed by atoms with Gasteiger partial charge < -0.3 is 10.1 Å². The largest absolute Gasteiger partial charge is 0.465 e. The van der Waals surface area contributed by atoms with E-state index in [4.69, 9.17) is 0 Å². The number of methoxy groups -OCH3 is 1. The molecule has 36 heavy (non-hydrogen) atoms. The molecule has 1 aliphatic heterocycles. The minimum absolute atomic E-state index is 0.100. The van der Waals surface area contributed by atoms with Crippen molar-refractivity contribution in [1.82, 2.24) is 4.98 Å². The number of nitrogens with one attached hydrogen (secondary N) is 1. The number of nitrogens with zero attached hydrogens (tertiary/aromatic N) is 2. The highest BCUT2D eigenvalue weighted by Crippen LogP contribution is 2.53. The van der Waals surface area contributed by atoms with Gasteiger partial charge in [-0.2, -0.15) is 0 Å². The maximum absolute atomic E-state index is 13.1. The fourth-order valence-electron chi connectivity index (χ4n) is 5.38. The first-order valence-electron chi connectivity index (χ1n) is 11.5. The number of thioether (sulfide) groups is 1. The number of hydrogen-bond acceptors (Lipinski definition) is 8. The van der Waals surface area contributed by atoms with E-state index in [1.54, 1.807) is 30.3 Å². The average Bonchev–Trinajstić information content (AvgIpc) is 3.65. The summed E-state index contributed by atoms with van der Waals surface area (Å²) in [5, 5.41) is 2.80. The third-order valence-electron chi connectivity index (χ3n) is 7.00. The van der Waals surface area contributed by atoms with Crippen LogP contribution >= 0.6 is 23.1 Å². The molecule has 2 bridgehead atoms. The second-order valence-corrected chi connectivity index (χ2v) is 11.3. The number of imide groups is 1. The van der Waals surface area contributed by atoms with Gasteiger partial charge in [0.2, 0.25) is 17.7 Å². The zero-order valence-electron chi connectivity index (χ0n) is 19.2. The van der Waals surface area contributed by atoms with Gasteiger partial charge in [0.1, 0.15) is 0 Å². The summed E-state index contributed by atoms with van der Waals surface area (Å²) in [6, 6.07) is 11.9. The molecule has 8 nitrogen and oxygen atoms in total. The van der Waals surface area contributed by atoms with Crippen LogP contribution in [0.15, 0.2) is 59.0 Å². The molecule has 2 fully saturated rings. The molecular weight excluding hydrogens is 498 g/mol. The molecule has 4 atom stereocenters. The van der Waals surface area contributed by atoms with Gasteiger partial charge in [-0.05, 0) is 60.7 Å². The molecule has 1 aromatic heterocycles. The van der Waals surface area contributed by atoms with Crippen molar-refractivity contribution in [3.63, 3.8) is 0 Å². The highest BCUT2D eigenvalue weighted by atomic mass is 32.2. The number of ether oxygens (including phenoxy) is 1. The van der Waals surface area contributed by atoms with E-state index in [2.05, 4.69) is 27.2 Å². The number of esters is 1. The van der Waals surface area contributed by atoms with Crippen LogP contribution in [0, 0.1) is 23.7 Å². The van der Waals surface area contributed by atoms with E-state index in [1.165, 1.54) is 35.1 Å². The summed E-state index contributed by atoms with van der Waals surface area (Å²) in [5.41, 5.74) is 2.32. The van der Waals surface area contributed by atoms with Crippen LogP contribution in [0.25, 0.3) is 10.2 Å². The minimum atomic E-state index is -0.437. The summed E-state index contributed by atoms with van der Waals surface area (Å²) in [6.07, 6.45) is 5.08. The van der Waals surface area contributed by atoms with Crippen LogP contribution in [0.5, 0.6) is 0 Å². The number of benzene rings is 2. The highest BCUT2D eigenvalue weighted by Gasteiger charge is 2.59. The number of amides is 3. The first kappa shape index (κ1) is 22.9. The molecular formula is C26H21N3O5S2. The Labute approximate surface area is 214 Å². The maximum atomic E-state index is 13.1. The van der Waals surface area contributed by atoms with E-state index < -0.39 is 5.97 Å². The third-order valence-corrected chi connectivity index (χ3v) is 9.16. The van der Waals surface area contributed by atoms with E-state index in [1.807, 2.05) is 12.1 Å². The van der Waals surface area contributed by atoms with Crippen molar-refractivity contribution in [2.24, 2.45) is 23.7 Å². The number of anilines is 2. The number of rotatable bonds is 6. The molecule has 0 radical (unpaired) electrons. The molecule has 2 aromatic carbocycles. The Bertz CT molecular complexity index is 1420. The minimum Gasteiger partial charge on any atom is -0.465 e. The van der Waals surface area contributed by atoms with Gasteiger partial charge in [-0.25, -0.2) is 14.7 Å². The first-order valence-corrected chi connectivity index (χ1v) is 13.3. The number of aromatic nitrogens is 1. The zero-order chi connectivity index (χ0) is 25.0. The molecule has 1 saturated carbocycles. The number of carbonyl (C=O) groups excluding carboxylic acids is 4. The van der Waals surface area contributed by atoms with Crippen LogP contribution in [0.2, 0.25) is 0 Å². The quantitative estimate of drug-likeness (QED) is 0.226. The molecule has 182 valence electrons. The standard InChI is InChI=1S/C26H21N3O5S2/c1-34-25(33)13-4-6-16(7-5-13)27-20(30)12-35-26-28-18-9-8-17(11-19(18)36-26)29-23(31)21-14-2-3-15(10-14)22(21)24(29)32/h2-9,11,14-15,21-22H,10,12H2,1H3,(H,27,30)/t14-,15-,21-,22-/m0/s1. The monoisotopic (exact) mass is 519 g/mol. The van der Waals surface area contributed by atoms with Gasteiger partial charge in [0.05, 0.1) is 46.2 Å². The lowest BCUT2D eigenvalue weighted by Gasteiger charge is -2.17. The van der Waals surface area contributed by atoms with Crippen LogP contribution in [0.4, 0.5) is 11.4 Å². The predicted molar refractivity (Wildman–Crippen MR) is 137 cm³/mol. The summed E-state index contributed by atoms with van der Waals surface area (Å²) in [6.45, 7) is 0. The Morgan fingerprint density at radius 3 is 2.44 bits per heavy atom. The van der Waals surface area contributed by atoms with E-state index in [-0.39, 0.29) is 47.1 Å². The molecule has 1 saturated heterocycles. The number of carbonyl (C=O) groups is 4. The molecule has 0 spiro atoms. The smallest absolute Gasteiger partial charge is 0.337 e. The van der Waals surface area contributed by atoms with E-state index >= 15 is 0 Å². The average molecular weight is 520 g/mol. The molecule has 6 rings (SSSR count). The van der Waals surface area contributed by atoms with Gasteiger partial charge in [0.15, 0.2) is 4.34 Å². The molecule has 2 heterocycles. The lowest BCUT2D eigenvalue weighted by molar-refractivity contribution is -0.123. The van der Waals surface area contributed by atoms with Crippen LogP contribution in [0.3, 0.4) is 0 Å². The van der Waals surface area contributed by atoms with Gasteiger partial charge in [-0.15, -0.1) is 11.3 Å². The van der Waals surface area contributed by atoms with E-state index in [0.717, 1.165) is 21.0 Å². The van der Waals surface area contributed by atoms with Crippen molar-refractivity contribution >= 4 is 68.4 Å². The number of allylic oxidation sites excluding steroid dienone is 2. The van der Waals surface area contributed by atoms with Crippen molar-refractivity contribution < 1.29 is 23.9 Å². The van der Waals surface area contributed by atoms with Crippen LogP contribution in [-0.2, 0) is 19.1 Å². The van der Waals surface area contributed by atoms with E-state index in [9.17, 15) is 19.2 Å². The Hall–Kier alpha value is -3.50. The summed E-state index contributed by atoms with van der Waals surface area (Å²) in [4.78, 5) is 56.1. The molecule has 3 aromatic rings. The van der Waals surface area contributed by atoms with Crippen molar-refractivity contribution in [3.8, 4) is 0 Å². The Morgan fingerprint density at radius 2 is 1.78 bits per heavy atom. The van der Waals surface area contributed by atoms with E-state index in [0.29, 0.717) is 16.9 Å². The number of hydrogen-bond donors (Lipinski definition) is 1. The molecule has 0 unspecified atom stereocenters.